The number of piperazine rings is 1. The van der Waals surface area contributed by atoms with Gasteiger partial charge in [0.25, 0.3) is 0 Å². The maximum absolute atomic E-state index is 4.85. The zero-order valence-corrected chi connectivity index (χ0v) is 13.8. The zero-order chi connectivity index (χ0) is 15.0. The van der Waals surface area contributed by atoms with Crippen molar-refractivity contribution in [3.05, 3.63) is 5.82 Å². The Morgan fingerprint density at radius 1 is 1.14 bits per heavy atom. The van der Waals surface area contributed by atoms with E-state index >= 15 is 0 Å². The second-order valence-corrected chi connectivity index (χ2v) is 7.68. The fourth-order valence-corrected chi connectivity index (χ4v) is 4.05. The number of rotatable bonds is 2. The Morgan fingerprint density at radius 3 is 2.52 bits per heavy atom. The van der Waals surface area contributed by atoms with Crippen LogP contribution in [0.25, 0.3) is 0 Å². The predicted octanol–water partition coefficient (Wildman–Crippen LogP) is 2.68. The molecule has 3 rings (SSSR count). The van der Waals surface area contributed by atoms with Crippen LogP contribution >= 0.6 is 0 Å². The van der Waals surface area contributed by atoms with Gasteiger partial charge < -0.3 is 10.2 Å². The van der Waals surface area contributed by atoms with Crippen LogP contribution in [0.4, 0.5) is 5.95 Å². The molecule has 0 aromatic carbocycles. The third-order valence-corrected chi connectivity index (χ3v) is 5.17. The van der Waals surface area contributed by atoms with Gasteiger partial charge in [-0.3, -0.25) is 5.10 Å². The van der Waals surface area contributed by atoms with E-state index in [0.717, 1.165) is 24.9 Å². The molecule has 1 aliphatic carbocycles. The van der Waals surface area contributed by atoms with Crippen molar-refractivity contribution in [2.24, 2.45) is 5.41 Å². The van der Waals surface area contributed by atoms with E-state index < -0.39 is 0 Å². The predicted molar refractivity (Wildman–Crippen MR) is 85.6 cm³/mol. The molecule has 2 fully saturated rings. The molecule has 2 heterocycles. The van der Waals surface area contributed by atoms with Gasteiger partial charge in [-0.15, -0.1) is 5.10 Å². The highest BCUT2D eigenvalue weighted by Gasteiger charge is 2.36. The van der Waals surface area contributed by atoms with E-state index in [9.17, 15) is 0 Å². The van der Waals surface area contributed by atoms with Gasteiger partial charge in [0.1, 0.15) is 5.82 Å². The molecule has 1 saturated carbocycles. The van der Waals surface area contributed by atoms with Crippen LogP contribution in [0.15, 0.2) is 0 Å². The lowest BCUT2D eigenvalue weighted by molar-refractivity contribution is 0.192. The highest BCUT2D eigenvalue weighted by Crippen LogP contribution is 2.45. The quantitative estimate of drug-likeness (QED) is 0.879. The minimum atomic E-state index is 0.332. The Balaban J connectivity index is 1.76. The lowest BCUT2D eigenvalue weighted by atomic mass is 9.68. The minimum Gasteiger partial charge on any atom is -0.336 e. The number of anilines is 1. The molecule has 5 heteroatoms. The average Bonchev–Trinajstić information content (AvgIpc) is 2.86. The van der Waals surface area contributed by atoms with E-state index in [4.69, 9.17) is 4.98 Å². The van der Waals surface area contributed by atoms with Gasteiger partial charge in [0.05, 0.1) is 0 Å². The number of hydrogen-bond donors (Lipinski definition) is 2. The summed E-state index contributed by atoms with van der Waals surface area (Å²) in [7, 11) is 0. The van der Waals surface area contributed by atoms with E-state index in [2.05, 4.69) is 48.1 Å². The normalized spacial score (nSPS) is 33.1. The first-order valence-electron chi connectivity index (χ1n) is 8.39. The summed E-state index contributed by atoms with van der Waals surface area (Å²) in [6.45, 7) is 11.1. The lowest BCUT2D eigenvalue weighted by Crippen LogP contribution is -2.54. The summed E-state index contributed by atoms with van der Waals surface area (Å²) in [6.07, 6.45) is 5.18. The van der Waals surface area contributed by atoms with Gasteiger partial charge in [-0.1, -0.05) is 26.7 Å². The standard InChI is InChI=1S/C16H29N5/c1-11-9-21(10-12(2)17-11)15-18-14(19-20-15)13-7-5-6-8-16(13,3)4/h11-13,17H,5-10H2,1-4H3,(H,18,19,20). The van der Waals surface area contributed by atoms with Gasteiger partial charge >= 0.3 is 0 Å². The second kappa shape index (κ2) is 5.59. The van der Waals surface area contributed by atoms with Gasteiger partial charge in [-0.25, -0.2) is 0 Å². The first-order chi connectivity index (χ1) is 9.95. The summed E-state index contributed by atoms with van der Waals surface area (Å²) in [5, 5.41) is 11.3. The third kappa shape index (κ3) is 3.07. The Hall–Kier alpha value is -1.10. The van der Waals surface area contributed by atoms with Crippen molar-refractivity contribution >= 4 is 5.95 Å². The molecule has 1 aliphatic heterocycles. The highest BCUT2D eigenvalue weighted by atomic mass is 15.4. The number of aromatic amines is 1. The fraction of sp³-hybridized carbons (Fsp3) is 0.875. The van der Waals surface area contributed by atoms with Crippen LogP contribution in [0, 0.1) is 5.41 Å². The van der Waals surface area contributed by atoms with Gasteiger partial charge in [0, 0.05) is 31.1 Å². The van der Waals surface area contributed by atoms with Crippen molar-refractivity contribution in [3.63, 3.8) is 0 Å². The summed E-state index contributed by atoms with van der Waals surface area (Å²) in [4.78, 5) is 7.16. The summed E-state index contributed by atoms with van der Waals surface area (Å²) in [5.74, 6) is 2.49. The Kier molecular flexibility index (Phi) is 3.95. The van der Waals surface area contributed by atoms with E-state index in [-0.39, 0.29) is 0 Å². The van der Waals surface area contributed by atoms with Crippen LogP contribution in [0.5, 0.6) is 0 Å². The number of nitrogens with one attached hydrogen (secondary N) is 2. The van der Waals surface area contributed by atoms with Crippen LogP contribution in [0.2, 0.25) is 0 Å². The molecule has 2 aliphatic rings. The molecule has 3 unspecified atom stereocenters. The number of nitrogens with zero attached hydrogens (tertiary/aromatic N) is 3. The smallest absolute Gasteiger partial charge is 0.244 e. The highest BCUT2D eigenvalue weighted by molar-refractivity contribution is 5.31. The monoisotopic (exact) mass is 291 g/mol. The molecular weight excluding hydrogens is 262 g/mol. The van der Waals surface area contributed by atoms with E-state index in [1.165, 1.54) is 25.7 Å². The molecule has 0 spiro atoms. The fourth-order valence-electron chi connectivity index (χ4n) is 4.05. The molecule has 0 bridgehead atoms. The summed E-state index contributed by atoms with van der Waals surface area (Å²) in [5.41, 5.74) is 0.332. The maximum atomic E-state index is 4.85. The molecule has 2 N–H and O–H groups in total. The van der Waals surface area contributed by atoms with Crippen molar-refractivity contribution in [2.45, 2.75) is 71.4 Å². The SMILES string of the molecule is CC1CN(c2n[nH]c(C3CCCCC3(C)C)n2)CC(C)N1. The van der Waals surface area contributed by atoms with Crippen LogP contribution in [-0.4, -0.2) is 40.4 Å². The molecule has 1 aromatic heterocycles. The number of aromatic nitrogens is 3. The van der Waals surface area contributed by atoms with Crippen molar-refractivity contribution < 1.29 is 0 Å². The van der Waals surface area contributed by atoms with Crippen LogP contribution in [-0.2, 0) is 0 Å². The summed E-state index contributed by atoms with van der Waals surface area (Å²) >= 11 is 0. The minimum absolute atomic E-state index is 0.332. The summed E-state index contributed by atoms with van der Waals surface area (Å²) < 4.78 is 0. The van der Waals surface area contributed by atoms with Crippen LogP contribution < -0.4 is 10.2 Å². The zero-order valence-electron chi connectivity index (χ0n) is 13.8. The number of H-pyrrole nitrogens is 1. The Morgan fingerprint density at radius 2 is 1.86 bits per heavy atom. The Bertz CT molecular complexity index is 471. The maximum Gasteiger partial charge on any atom is 0.244 e. The van der Waals surface area contributed by atoms with Crippen molar-refractivity contribution in [3.8, 4) is 0 Å². The molecule has 118 valence electrons. The van der Waals surface area contributed by atoms with Crippen molar-refractivity contribution in [1.29, 1.82) is 0 Å². The largest absolute Gasteiger partial charge is 0.336 e. The van der Waals surface area contributed by atoms with Gasteiger partial charge in [-0.2, -0.15) is 4.98 Å². The van der Waals surface area contributed by atoms with Gasteiger partial charge in [0.15, 0.2) is 0 Å². The first-order valence-corrected chi connectivity index (χ1v) is 8.39. The topological polar surface area (TPSA) is 56.8 Å². The molecule has 0 amide bonds. The molecule has 1 saturated heterocycles. The first kappa shape index (κ1) is 14.8. The van der Waals surface area contributed by atoms with Gasteiger partial charge in [-0.05, 0) is 32.1 Å². The van der Waals surface area contributed by atoms with E-state index in [1.807, 2.05) is 0 Å². The third-order valence-electron chi connectivity index (χ3n) is 5.17. The van der Waals surface area contributed by atoms with Crippen molar-refractivity contribution in [2.75, 3.05) is 18.0 Å². The van der Waals surface area contributed by atoms with E-state index in [1.54, 1.807) is 0 Å². The summed E-state index contributed by atoms with van der Waals surface area (Å²) in [6, 6.07) is 0.976. The van der Waals surface area contributed by atoms with Gasteiger partial charge in [0.2, 0.25) is 5.95 Å². The van der Waals surface area contributed by atoms with Crippen LogP contribution in [0.1, 0.15) is 65.1 Å². The second-order valence-electron chi connectivity index (χ2n) is 7.68. The molecular formula is C16H29N5. The lowest BCUT2D eigenvalue weighted by Gasteiger charge is -2.37. The molecule has 0 radical (unpaired) electrons. The molecule has 3 atom stereocenters. The number of hydrogen-bond acceptors (Lipinski definition) is 4. The molecule has 5 nitrogen and oxygen atoms in total. The molecule has 1 aromatic rings. The van der Waals surface area contributed by atoms with Crippen LogP contribution in [0.3, 0.4) is 0 Å². The molecule has 21 heavy (non-hydrogen) atoms. The Labute approximate surface area is 127 Å². The van der Waals surface area contributed by atoms with E-state index in [0.29, 0.717) is 23.4 Å². The van der Waals surface area contributed by atoms with Crippen molar-refractivity contribution in [1.82, 2.24) is 20.5 Å². The average molecular weight is 291 g/mol.